The number of nitriles is 1. The van der Waals surface area contributed by atoms with Crippen LogP contribution in [0.25, 0.3) is 11.3 Å². The highest BCUT2D eigenvalue weighted by atomic mass is 16.5. The van der Waals surface area contributed by atoms with Crippen molar-refractivity contribution in [3.8, 4) is 17.3 Å². The average molecular weight is 534 g/mol. The van der Waals surface area contributed by atoms with Gasteiger partial charge in [0.05, 0.1) is 30.2 Å². The Hall–Kier alpha value is -3.02. The Labute approximate surface area is 232 Å². The minimum absolute atomic E-state index is 0.131. The molecule has 2 aromatic heterocycles. The number of hydrogen-bond donors (Lipinski definition) is 2. The number of pyridine rings is 2. The van der Waals surface area contributed by atoms with Crippen LogP contribution in [0.4, 0.5) is 5.82 Å². The molecule has 0 bridgehead atoms. The zero-order valence-electron chi connectivity index (χ0n) is 23.7. The first-order valence-corrected chi connectivity index (χ1v) is 14.5. The fourth-order valence-corrected chi connectivity index (χ4v) is 5.75. The Balaban J connectivity index is 1.33. The van der Waals surface area contributed by atoms with Gasteiger partial charge in [0.25, 0.3) is 0 Å². The fourth-order valence-electron chi connectivity index (χ4n) is 5.75. The Morgan fingerprint density at radius 2 is 2.03 bits per heavy atom. The SMILES string of the molecule is CCOC(=O)C[C@H](C)NC1CCC(Cc2cc(-c3cccc(NCC4(C#N)CCOCC4)n3)c(C)cn2)CC1. The van der Waals surface area contributed by atoms with Crippen LogP contribution in [0, 0.1) is 29.6 Å². The maximum atomic E-state index is 11.8. The van der Waals surface area contributed by atoms with Crippen molar-refractivity contribution in [2.45, 2.75) is 84.2 Å². The summed E-state index contributed by atoms with van der Waals surface area (Å²) in [6.07, 6.45) is 9.36. The van der Waals surface area contributed by atoms with Crippen molar-refractivity contribution in [1.29, 1.82) is 5.26 Å². The molecule has 0 amide bonds. The van der Waals surface area contributed by atoms with Gasteiger partial charge in [-0.3, -0.25) is 9.78 Å². The molecule has 39 heavy (non-hydrogen) atoms. The number of nitrogens with one attached hydrogen (secondary N) is 2. The minimum atomic E-state index is -0.400. The third-order valence-corrected chi connectivity index (χ3v) is 8.12. The van der Waals surface area contributed by atoms with Gasteiger partial charge in [0.2, 0.25) is 0 Å². The van der Waals surface area contributed by atoms with E-state index in [1.807, 2.05) is 31.3 Å². The first-order valence-electron chi connectivity index (χ1n) is 14.5. The van der Waals surface area contributed by atoms with Gasteiger partial charge < -0.3 is 20.1 Å². The lowest BCUT2D eigenvalue weighted by Crippen LogP contribution is -2.40. The predicted molar refractivity (Wildman–Crippen MR) is 152 cm³/mol. The lowest BCUT2D eigenvalue weighted by molar-refractivity contribution is -0.143. The van der Waals surface area contributed by atoms with Crippen molar-refractivity contribution >= 4 is 11.8 Å². The van der Waals surface area contributed by atoms with E-state index in [0.29, 0.717) is 44.7 Å². The molecule has 8 nitrogen and oxygen atoms in total. The molecule has 0 spiro atoms. The molecule has 2 aromatic rings. The summed E-state index contributed by atoms with van der Waals surface area (Å²) in [5.41, 5.74) is 3.83. The Bertz CT molecular complexity index is 1130. The van der Waals surface area contributed by atoms with Crippen molar-refractivity contribution < 1.29 is 14.3 Å². The summed E-state index contributed by atoms with van der Waals surface area (Å²) >= 11 is 0. The highest BCUT2D eigenvalue weighted by molar-refractivity contribution is 5.70. The minimum Gasteiger partial charge on any atom is -0.466 e. The van der Waals surface area contributed by atoms with Gasteiger partial charge in [-0.05, 0) is 95.4 Å². The Morgan fingerprint density at radius 3 is 2.74 bits per heavy atom. The summed E-state index contributed by atoms with van der Waals surface area (Å²) in [7, 11) is 0. The summed E-state index contributed by atoms with van der Waals surface area (Å²) < 4.78 is 10.5. The largest absolute Gasteiger partial charge is 0.466 e. The Kier molecular flexibility index (Phi) is 10.3. The predicted octanol–water partition coefficient (Wildman–Crippen LogP) is 5.22. The molecule has 1 saturated carbocycles. The topological polar surface area (TPSA) is 109 Å². The van der Waals surface area contributed by atoms with Gasteiger partial charge in [0.1, 0.15) is 5.82 Å². The first kappa shape index (κ1) is 29.0. The van der Waals surface area contributed by atoms with E-state index in [2.05, 4.69) is 36.6 Å². The van der Waals surface area contributed by atoms with Crippen LogP contribution in [0.1, 0.15) is 70.1 Å². The molecule has 2 N–H and O–H groups in total. The molecule has 0 unspecified atom stereocenters. The van der Waals surface area contributed by atoms with Gasteiger partial charge >= 0.3 is 5.97 Å². The number of hydrogen-bond acceptors (Lipinski definition) is 8. The standard InChI is InChI=1S/C31H43N5O3/c1-4-39-30(37)16-23(3)35-25-10-8-24(9-11-25)17-26-18-27(22(2)19-33-26)28-6-5-7-29(36-28)34-21-31(20-32)12-14-38-15-13-31/h5-7,18-19,23-25,35H,4,8-17,21H2,1-3H3,(H,34,36)/t23-,24?,25?/m0/s1. The number of rotatable bonds is 11. The number of ether oxygens (including phenoxy) is 2. The molecule has 1 aliphatic carbocycles. The summed E-state index contributed by atoms with van der Waals surface area (Å²) in [4.78, 5) is 21.4. The molecular formula is C31H43N5O3. The average Bonchev–Trinajstić information content (AvgIpc) is 2.95. The van der Waals surface area contributed by atoms with E-state index in [1.165, 1.54) is 0 Å². The maximum Gasteiger partial charge on any atom is 0.307 e. The molecule has 1 atom stereocenters. The van der Waals surface area contributed by atoms with Crippen LogP contribution in [0.2, 0.25) is 0 Å². The molecule has 0 radical (unpaired) electrons. The van der Waals surface area contributed by atoms with Crippen LogP contribution >= 0.6 is 0 Å². The molecule has 1 saturated heterocycles. The lowest BCUT2D eigenvalue weighted by atomic mass is 9.82. The van der Waals surface area contributed by atoms with E-state index in [1.54, 1.807) is 0 Å². The molecule has 0 aromatic carbocycles. The summed E-state index contributed by atoms with van der Waals surface area (Å²) in [5.74, 6) is 1.26. The van der Waals surface area contributed by atoms with Crippen LogP contribution in [0.15, 0.2) is 30.5 Å². The summed E-state index contributed by atoms with van der Waals surface area (Å²) in [6.45, 7) is 8.25. The molecular weight excluding hydrogens is 490 g/mol. The van der Waals surface area contributed by atoms with Crippen LogP contribution in [-0.2, 0) is 20.7 Å². The highest BCUT2D eigenvalue weighted by Gasteiger charge is 2.32. The third kappa shape index (κ3) is 8.23. The smallest absolute Gasteiger partial charge is 0.307 e. The normalized spacial score (nSPS) is 21.5. The van der Waals surface area contributed by atoms with Gasteiger partial charge in [-0.1, -0.05) is 6.07 Å². The van der Waals surface area contributed by atoms with Crippen LogP contribution < -0.4 is 10.6 Å². The zero-order valence-corrected chi connectivity index (χ0v) is 23.7. The number of aryl methyl sites for hydroxylation is 1. The van der Waals surface area contributed by atoms with Crippen LogP contribution in [-0.4, -0.2) is 54.4 Å². The van der Waals surface area contributed by atoms with Crippen LogP contribution in [0.3, 0.4) is 0 Å². The van der Waals surface area contributed by atoms with E-state index in [9.17, 15) is 10.1 Å². The molecule has 3 heterocycles. The third-order valence-electron chi connectivity index (χ3n) is 8.12. The highest BCUT2D eigenvalue weighted by Crippen LogP contribution is 2.31. The molecule has 4 rings (SSSR count). The van der Waals surface area contributed by atoms with E-state index in [-0.39, 0.29) is 12.0 Å². The fraction of sp³-hybridized carbons (Fsp3) is 0.613. The van der Waals surface area contributed by atoms with E-state index < -0.39 is 5.41 Å². The zero-order chi connectivity index (χ0) is 27.7. The first-order chi connectivity index (χ1) is 18.9. The lowest BCUT2D eigenvalue weighted by Gasteiger charge is -2.31. The van der Waals surface area contributed by atoms with Gasteiger partial charge in [-0.15, -0.1) is 0 Å². The maximum absolute atomic E-state index is 11.8. The van der Waals surface area contributed by atoms with E-state index >= 15 is 0 Å². The van der Waals surface area contributed by atoms with E-state index in [0.717, 1.165) is 73.3 Å². The molecule has 210 valence electrons. The molecule has 1 aliphatic heterocycles. The number of carbonyl (C=O) groups is 1. The van der Waals surface area contributed by atoms with Gasteiger partial charge in [0, 0.05) is 49.3 Å². The number of aromatic nitrogens is 2. The summed E-state index contributed by atoms with van der Waals surface area (Å²) in [6, 6.07) is 11.3. The molecule has 8 heteroatoms. The second-order valence-corrected chi connectivity index (χ2v) is 11.3. The number of carbonyl (C=O) groups excluding carboxylic acids is 1. The van der Waals surface area contributed by atoms with Gasteiger partial charge in [0.15, 0.2) is 0 Å². The van der Waals surface area contributed by atoms with Gasteiger partial charge in [-0.25, -0.2) is 4.98 Å². The summed E-state index contributed by atoms with van der Waals surface area (Å²) in [5, 5.41) is 16.8. The second kappa shape index (κ2) is 13.9. The van der Waals surface area contributed by atoms with Crippen molar-refractivity contribution in [2.75, 3.05) is 31.7 Å². The number of nitrogens with zero attached hydrogens (tertiary/aromatic N) is 3. The van der Waals surface area contributed by atoms with Crippen LogP contribution in [0.5, 0.6) is 0 Å². The van der Waals surface area contributed by atoms with E-state index in [4.69, 9.17) is 19.4 Å². The quantitative estimate of drug-likeness (QED) is 0.379. The van der Waals surface area contributed by atoms with Crippen molar-refractivity contribution in [1.82, 2.24) is 15.3 Å². The number of esters is 1. The van der Waals surface area contributed by atoms with Crippen molar-refractivity contribution in [3.63, 3.8) is 0 Å². The van der Waals surface area contributed by atoms with Gasteiger partial charge in [-0.2, -0.15) is 5.26 Å². The second-order valence-electron chi connectivity index (χ2n) is 11.3. The molecule has 2 fully saturated rings. The number of anilines is 1. The molecule has 2 aliphatic rings. The monoisotopic (exact) mass is 533 g/mol. The Morgan fingerprint density at radius 1 is 1.26 bits per heavy atom. The van der Waals surface area contributed by atoms with Crippen molar-refractivity contribution in [3.05, 3.63) is 41.7 Å². The van der Waals surface area contributed by atoms with Crippen molar-refractivity contribution in [2.24, 2.45) is 11.3 Å².